The lowest BCUT2D eigenvalue weighted by molar-refractivity contribution is 0.102. The molecule has 2 heterocycles. The third kappa shape index (κ3) is 2.08. The van der Waals surface area contributed by atoms with E-state index in [0.717, 1.165) is 12.2 Å². The number of ketones is 1. The van der Waals surface area contributed by atoms with Crippen LogP contribution in [-0.2, 0) is 6.54 Å². The Balaban J connectivity index is 2.47. The van der Waals surface area contributed by atoms with Gasteiger partial charge in [-0.15, -0.1) is 0 Å². The zero-order valence-corrected chi connectivity index (χ0v) is 10.1. The van der Waals surface area contributed by atoms with Gasteiger partial charge in [0.15, 0.2) is 5.82 Å². The maximum absolute atomic E-state index is 12.3. The van der Waals surface area contributed by atoms with Crippen molar-refractivity contribution in [1.29, 1.82) is 0 Å². The van der Waals surface area contributed by atoms with Crippen molar-refractivity contribution in [2.24, 2.45) is 0 Å². The molecule has 0 bridgehead atoms. The van der Waals surface area contributed by atoms with E-state index in [1.807, 2.05) is 18.4 Å². The van der Waals surface area contributed by atoms with Crippen molar-refractivity contribution in [3.63, 3.8) is 0 Å². The van der Waals surface area contributed by atoms with Gasteiger partial charge >= 0.3 is 0 Å². The summed E-state index contributed by atoms with van der Waals surface area (Å²) in [6, 6.07) is 1.75. The van der Waals surface area contributed by atoms with Gasteiger partial charge in [0.1, 0.15) is 0 Å². The molecular formula is C12H14N4O. The van der Waals surface area contributed by atoms with Crippen molar-refractivity contribution in [3.8, 4) is 0 Å². The highest BCUT2D eigenvalue weighted by Gasteiger charge is 2.17. The molecule has 0 amide bonds. The molecule has 0 spiro atoms. The number of rotatable bonds is 3. The van der Waals surface area contributed by atoms with Crippen molar-refractivity contribution >= 4 is 5.78 Å². The number of aromatic nitrogens is 4. The van der Waals surface area contributed by atoms with Crippen molar-refractivity contribution in [3.05, 3.63) is 41.2 Å². The van der Waals surface area contributed by atoms with Crippen LogP contribution in [0.3, 0.4) is 0 Å². The molecule has 0 aromatic carbocycles. The Hall–Kier alpha value is -2.04. The van der Waals surface area contributed by atoms with E-state index in [1.165, 1.54) is 0 Å². The fourth-order valence-electron chi connectivity index (χ4n) is 1.67. The Morgan fingerprint density at radius 3 is 2.82 bits per heavy atom. The molecule has 0 radical (unpaired) electrons. The maximum Gasteiger partial charge on any atom is 0.230 e. The number of hydrogen-bond donors (Lipinski definition) is 0. The van der Waals surface area contributed by atoms with Crippen molar-refractivity contribution < 1.29 is 4.79 Å². The number of hydrogen-bond acceptors (Lipinski definition) is 4. The van der Waals surface area contributed by atoms with Gasteiger partial charge in [-0.1, -0.05) is 0 Å². The quantitative estimate of drug-likeness (QED) is 0.750. The number of aryl methyl sites for hydroxylation is 3. The van der Waals surface area contributed by atoms with Gasteiger partial charge in [-0.05, 0) is 26.8 Å². The Labute approximate surface area is 99.5 Å². The van der Waals surface area contributed by atoms with Crippen LogP contribution in [0, 0.1) is 13.8 Å². The topological polar surface area (TPSA) is 60.7 Å². The van der Waals surface area contributed by atoms with Gasteiger partial charge in [0, 0.05) is 18.9 Å². The standard InChI is InChI=1S/C12H14N4O/c1-4-16-6-5-13-12(16)11(17)10-7-8(2)14-15-9(10)3/h5-7H,4H2,1-3H3. The molecule has 0 aliphatic heterocycles. The molecule has 2 aromatic heterocycles. The minimum atomic E-state index is -0.104. The van der Waals surface area contributed by atoms with Gasteiger partial charge in [-0.25, -0.2) is 4.98 Å². The molecule has 2 aromatic rings. The molecule has 2 rings (SSSR count). The molecule has 0 unspecified atom stereocenters. The monoisotopic (exact) mass is 230 g/mol. The van der Waals surface area contributed by atoms with Crippen LogP contribution in [0.1, 0.15) is 34.5 Å². The van der Waals surface area contributed by atoms with E-state index in [1.54, 1.807) is 25.4 Å². The summed E-state index contributed by atoms with van der Waals surface area (Å²) in [5.41, 5.74) is 1.93. The summed E-state index contributed by atoms with van der Waals surface area (Å²) in [7, 11) is 0. The van der Waals surface area contributed by atoms with Crippen LogP contribution < -0.4 is 0 Å². The Morgan fingerprint density at radius 2 is 2.12 bits per heavy atom. The van der Waals surface area contributed by atoms with Gasteiger partial charge in [-0.2, -0.15) is 10.2 Å². The number of carbonyl (C=O) groups is 1. The fourth-order valence-corrected chi connectivity index (χ4v) is 1.67. The smallest absolute Gasteiger partial charge is 0.230 e. The number of imidazole rings is 1. The summed E-state index contributed by atoms with van der Waals surface area (Å²) in [5, 5.41) is 7.87. The summed E-state index contributed by atoms with van der Waals surface area (Å²) in [6.45, 7) is 6.29. The van der Waals surface area contributed by atoms with Gasteiger partial charge in [0.05, 0.1) is 17.0 Å². The Morgan fingerprint density at radius 1 is 1.35 bits per heavy atom. The molecule has 17 heavy (non-hydrogen) atoms. The van der Waals surface area contributed by atoms with E-state index in [0.29, 0.717) is 17.1 Å². The molecule has 0 atom stereocenters. The summed E-state index contributed by atoms with van der Waals surface area (Å²) >= 11 is 0. The second-order valence-electron chi connectivity index (χ2n) is 3.85. The molecule has 0 fully saturated rings. The average molecular weight is 230 g/mol. The van der Waals surface area contributed by atoms with Gasteiger partial charge < -0.3 is 4.57 Å². The normalized spacial score (nSPS) is 10.5. The lowest BCUT2D eigenvalue weighted by Gasteiger charge is -2.06. The van der Waals surface area contributed by atoms with E-state index in [-0.39, 0.29) is 5.78 Å². The first-order chi connectivity index (χ1) is 8.13. The summed E-state index contributed by atoms with van der Waals surface area (Å²) in [4.78, 5) is 16.4. The van der Waals surface area contributed by atoms with Gasteiger partial charge in [0.2, 0.25) is 5.78 Å². The zero-order valence-electron chi connectivity index (χ0n) is 10.1. The van der Waals surface area contributed by atoms with Crippen molar-refractivity contribution in [2.75, 3.05) is 0 Å². The first kappa shape index (κ1) is 11.4. The minimum absolute atomic E-state index is 0.104. The molecule has 5 heteroatoms. The molecular weight excluding hydrogens is 216 g/mol. The van der Waals surface area contributed by atoms with Crippen LogP contribution in [0.25, 0.3) is 0 Å². The lowest BCUT2D eigenvalue weighted by atomic mass is 10.1. The highest BCUT2D eigenvalue weighted by atomic mass is 16.1. The van der Waals surface area contributed by atoms with Crippen LogP contribution >= 0.6 is 0 Å². The Bertz CT molecular complexity index is 559. The first-order valence-electron chi connectivity index (χ1n) is 5.50. The van der Waals surface area contributed by atoms with E-state index in [9.17, 15) is 4.79 Å². The molecule has 0 aliphatic carbocycles. The fraction of sp³-hybridized carbons (Fsp3) is 0.333. The zero-order chi connectivity index (χ0) is 12.4. The third-order valence-electron chi connectivity index (χ3n) is 2.60. The average Bonchev–Trinajstić information content (AvgIpc) is 2.79. The molecule has 88 valence electrons. The highest BCUT2D eigenvalue weighted by Crippen LogP contribution is 2.11. The molecule has 0 saturated heterocycles. The van der Waals surface area contributed by atoms with Crippen LogP contribution in [0.4, 0.5) is 0 Å². The van der Waals surface area contributed by atoms with Crippen LogP contribution in [0.2, 0.25) is 0 Å². The maximum atomic E-state index is 12.3. The predicted molar refractivity (Wildman–Crippen MR) is 62.8 cm³/mol. The van der Waals surface area contributed by atoms with E-state index in [2.05, 4.69) is 15.2 Å². The van der Waals surface area contributed by atoms with Crippen molar-refractivity contribution in [2.45, 2.75) is 27.3 Å². The molecule has 0 aliphatic rings. The van der Waals surface area contributed by atoms with Gasteiger partial charge in [0.25, 0.3) is 0 Å². The van der Waals surface area contributed by atoms with Crippen LogP contribution in [-0.4, -0.2) is 25.5 Å². The second kappa shape index (κ2) is 4.45. The van der Waals surface area contributed by atoms with Gasteiger partial charge in [-0.3, -0.25) is 4.79 Å². The molecule has 0 saturated carbocycles. The van der Waals surface area contributed by atoms with E-state index in [4.69, 9.17) is 0 Å². The summed E-state index contributed by atoms with van der Waals surface area (Å²) in [6.07, 6.45) is 3.43. The predicted octanol–water partition coefficient (Wildman–Crippen LogP) is 1.54. The first-order valence-corrected chi connectivity index (χ1v) is 5.50. The van der Waals surface area contributed by atoms with Crippen molar-refractivity contribution in [1.82, 2.24) is 19.7 Å². The van der Waals surface area contributed by atoms with Crippen LogP contribution in [0.5, 0.6) is 0 Å². The highest BCUT2D eigenvalue weighted by molar-refractivity contribution is 6.07. The second-order valence-corrected chi connectivity index (χ2v) is 3.85. The molecule has 0 N–H and O–H groups in total. The third-order valence-corrected chi connectivity index (χ3v) is 2.60. The number of nitrogens with zero attached hydrogens (tertiary/aromatic N) is 4. The Kier molecular flexibility index (Phi) is 2.99. The lowest BCUT2D eigenvalue weighted by Crippen LogP contribution is -2.13. The SMILES string of the molecule is CCn1ccnc1C(=O)c1cc(C)nnc1C. The van der Waals surface area contributed by atoms with E-state index < -0.39 is 0 Å². The van der Waals surface area contributed by atoms with E-state index >= 15 is 0 Å². The summed E-state index contributed by atoms with van der Waals surface area (Å²) in [5.74, 6) is 0.343. The number of carbonyl (C=O) groups excluding carboxylic acids is 1. The summed E-state index contributed by atoms with van der Waals surface area (Å²) < 4.78 is 1.82. The molecule has 5 nitrogen and oxygen atoms in total. The van der Waals surface area contributed by atoms with Crippen LogP contribution in [0.15, 0.2) is 18.5 Å². The largest absolute Gasteiger partial charge is 0.328 e. The minimum Gasteiger partial charge on any atom is -0.328 e.